The summed E-state index contributed by atoms with van der Waals surface area (Å²) in [6, 6.07) is 19.7. The molecule has 1 amide bonds. The second-order valence-electron chi connectivity index (χ2n) is 6.02. The molecule has 0 bridgehead atoms. The van der Waals surface area contributed by atoms with Gasteiger partial charge in [0.1, 0.15) is 0 Å². The molecule has 0 saturated carbocycles. The average molecular weight is 348 g/mol. The summed E-state index contributed by atoms with van der Waals surface area (Å²) in [6.45, 7) is 4.67. The Morgan fingerprint density at radius 2 is 1.85 bits per heavy atom. The maximum Gasteiger partial charge on any atom is 0.251 e. The number of benzene rings is 2. The van der Waals surface area contributed by atoms with Crippen LogP contribution >= 0.6 is 0 Å². The maximum atomic E-state index is 12.3. The van der Waals surface area contributed by atoms with Crippen molar-refractivity contribution in [3.05, 3.63) is 78.6 Å². The van der Waals surface area contributed by atoms with Gasteiger partial charge in [-0.2, -0.15) is 5.10 Å². The molecule has 0 aliphatic carbocycles. The highest BCUT2D eigenvalue weighted by Crippen LogP contribution is 2.13. The molecule has 5 heteroatoms. The number of para-hydroxylation sites is 1. The number of carbonyl (C=O) groups is 1. The van der Waals surface area contributed by atoms with E-state index in [1.807, 2.05) is 54.7 Å². The molecular weight excluding hydrogens is 324 g/mol. The van der Waals surface area contributed by atoms with Crippen molar-refractivity contribution in [2.45, 2.75) is 13.3 Å². The normalized spacial score (nSPS) is 10.5. The number of aromatic nitrogens is 2. The molecule has 3 aromatic rings. The fourth-order valence-corrected chi connectivity index (χ4v) is 2.87. The Labute approximate surface area is 154 Å². The number of nitrogens with zero attached hydrogens (tertiary/aromatic N) is 3. The van der Waals surface area contributed by atoms with Gasteiger partial charge in [0, 0.05) is 43.3 Å². The van der Waals surface area contributed by atoms with Crippen LogP contribution in [0.4, 0.5) is 5.69 Å². The van der Waals surface area contributed by atoms with Crippen molar-refractivity contribution >= 4 is 11.6 Å². The first-order valence-electron chi connectivity index (χ1n) is 8.96. The smallest absolute Gasteiger partial charge is 0.251 e. The van der Waals surface area contributed by atoms with Crippen molar-refractivity contribution in [3.8, 4) is 5.69 Å². The van der Waals surface area contributed by atoms with E-state index in [9.17, 15) is 4.79 Å². The lowest BCUT2D eigenvalue weighted by Gasteiger charge is -2.23. The van der Waals surface area contributed by atoms with Gasteiger partial charge in [0.2, 0.25) is 0 Å². The van der Waals surface area contributed by atoms with Crippen LogP contribution in [0.3, 0.4) is 0 Å². The first-order valence-corrected chi connectivity index (χ1v) is 8.96. The molecule has 1 heterocycles. The summed E-state index contributed by atoms with van der Waals surface area (Å²) < 4.78 is 1.77. The van der Waals surface area contributed by atoms with Gasteiger partial charge in [-0.15, -0.1) is 0 Å². The zero-order chi connectivity index (χ0) is 18.2. The fraction of sp³-hybridized carbons (Fsp3) is 0.238. The van der Waals surface area contributed by atoms with Crippen LogP contribution < -0.4 is 10.2 Å². The summed E-state index contributed by atoms with van der Waals surface area (Å²) in [5, 5.41) is 7.18. The first-order chi connectivity index (χ1) is 12.8. The van der Waals surface area contributed by atoms with Gasteiger partial charge in [0.15, 0.2) is 0 Å². The van der Waals surface area contributed by atoms with E-state index in [0.29, 0.717) is 12.1 Å². The minimum atomic E-state index is -0.0419. The lowest BCUT2D eigenvalue weighted by Crippen LogP contribution is -2.29. The van der Waals surface area contributed by atoms with Crippen molar-refractivity contribution in [2.75, 3.05) is 24.5 Å². The molecule has 5 nitrogen and oxygen atoms in total. The van der Waals surface area contributed by atoms with E-state index in [1.54, 1.807) is 10.9 Å². The molecule has 0 atom stereocenters. The van der Waals surface area contributed by atoms with E-state index in [2.05, 4.69) is 34.4 Å². The minimum Gasteiger partial charge on any atom is -0.372 e. The lowest BCUT2D eigenvalue weighted by molar-refractivity contribution is 0.0953. The average Bonchev–Trinajstić information content (AvgIpc) is 3.23. The maximum absolute atomic E-state index is 12.3. The van der Waals surface area contributed by atoms with E-state index in [-0.39, 0.29) is 5.91 Å². The summed E-state index contributed by atoms with van der Waals surface area (Å²) in [5.74, 6) is -0.0419. The second kappa shape index (κ2) is 8.85. The highest BCUT2D eigenvalue weighted by Gasteiger charge is 2.07. The van der Waals surface area contributed by atoms with Gasteiger partial charge in [-0.1, -0.05) is 18.2 Å². The largest absolute Gasteiger partial charge is 0.372 e. The molecule has 0 aliphatic heterocycles. The molecule has 3 rings (SSSR count). The first kappa shape index (κ1) is 17.7. The molecule has 0 fully saturated rings. The van der Waals surface area contributed by atoms with E-state index in [0.717, 1.165) is 25.2 Å². The third-order valence-corrected chi connectivity index (χ3v) is 4.29. The van der Waals surface area contributed by atoms with Gasteiger partial charge in [-0.05, 0) is 55.8 Å². The highest BCUT2D eigenvalue weighted by molar-refractivity contribution is 5.94. The Bertz CT molecular complexity index is 798. The van der Waals surface area contributed by atoms with E-state index >= 15 is 0 Å². The molecule has 1 N–H and O–H groups in total. The molecule has 134 valence electrons. The Morgan fingerprint density at radius 1 is 1.08 bits per heavy atom. The molecule has 0 saturated heterocycles. The SMILES string of the molecule is CCN(CCCNC(=O)c1ccc(-n2cccn2)cc1)c1ccccc1. The monoisotopic (exact) mass is 348 g/mol. The summed E-state index contributed by atoms with van der Waals surface area (Å²) in [4.78, 5) is 14.6. The van der Waals surface area contributed by atoms with Crippen LogP contribution in [-0.2, 0) is 0 Å². The third-order valence-electron chi connectivity index (χ3n) is 4.29. The van der Waals surface area contributed by atoms with Crippen molar-refractivity contribution in [1.29, 1.82) is 0 Å². The van der Waals surface area contributed by atoms with Crippen LogP contribution in [0.25, 0.3) is 5.69 Å². The summed E-state index contributed by atoms with van der Waals surface area (Å²) in [5.41, 5.74) is 2.82. The zero-order valence-electron chi connectivity index (χ0n) is 15.0. The molecule has 1 aromatic heterocycles. The van der Waals surface area contributed by atoms with E-state index in [1.165, 1.54) is 5.69 Å². The van der Waals surface area contributed by atoms with Crippen molar-refractivity contribution in [2.24, 2.45) is 0 Å². The minimum absolute atomic E-state index is 0.0419. The number of hydrogen-bond acceptors (Lipinski definition) is 3. The third kappa shape index (κ3) is 4.51. The van der Waals surface area contributed by atoms with Crippen LogP contribution in [0.15, 0.2) is 73.1 Å². The molecule has 0 spiro atoms. The number of anilines is 1. The van der Waals surface area contributed by atoms with E-state index in [4.69, 9.17) is 0 Å². The molecule has 0 radical (unpaired) electrons. The standard InChI is InChI=1S/C21H24N4O/c1-2-24(19-8-4-3-5-9-19)16-6-14-22-21(26)18-10-12-20(13-11-18)25-17-7-15-23-25/h3-5,7-13,15,17H,2,6,14,16H2,1H3,(H,22,26). The molecule has 2 aromatic carbocycles. The fourth-order valence-electron chi connectivity index (χ4n) is 2.87. The Hall–Kier alpha value is -3.08. The van der Waals surface area contributed by atoms with Gasteiger partial charge >= 0.3 is 0 Å². The number of nitrogens with one attached hydrogen (secondary N) is 1. The van der Waals surface area contributed by atoms with Crippen molar-refractivity contribution < 1.29 is 4.79 Å². The number of carbonyl (C=O) groups excluding carboxylic acids is 1. The summed E-state index contributed by atoms with van der Waals surface area (Å²) >= 11 is 0. The quantitative estimate of drug-likeness (QED) is 0.634. The van der Waals surface area contributed by atoms with Crippen molar-refractivity contribution in [3.63, 3.8) is 0 Å². The lowest BCUT2D eigenvalue weighted by atomic mass is 10.2. The number of rotatable bonds is 8. The molecule has 0 unspecified atom stereocenters. The zero-order valence-corrected chi connectivity index (χ0v) is 15.0. The summed E-state index contributed by atoms with van der Waals surface area (Å²) in [6.07, 6.45) is 4.51. The van der Waals surface area contributed by atoms with Gasteiger partial charge in [-0.25, -0.2) is 4.68 Å². The van der Waals surface area contributed by atoms with E-state index < -0.39 is 0 Å². The Kier molecular flexibility index (Phi) is 6.04. The molecular formula is C21H24N4O. The topological polar surface area (TPSA) is 50.2 Å². The Balaban J connectivity index is 1.46. The van der Waals surface area contributed by atoms with Gasteiger partial charge < -0.3 is 10.2 Å². The van der Waals surface area contributed by atoms with Crippen LogP contribution in [0.1, 0.15) is 23.7 Å². The van der Waals surface area contributed by atoms with Crippen LogP contribution in [0, 0.1) is 0 Å². The Morgan fingerprint density at radius 3 is 2.50 bits per heavy atom. The van der Waals surface area contributed by atoms with Crippen LogP contribution in [0.2, 0.25) is 0 Å². The van der Waals surface area contributed by atoms with Crippen LogP contribution in [0.5, 0.6) is 0 Å². The van der Waals surface area contributed by atoms with Crippen LogP contribution in [-0.4, -0.2) is 35.3 Å². The number of hydrogen-bond donors (Lipinski definition) is 1. The second-order valence-corrected chi connectivity index (χ2v) is 6.02. The van der Waals surface area contributed by atoms with Crippen molar-refractivity contribution in [1.82, 2.24) is 15.1 Å². The predicted octanol–water partition coefficient (Wildman–Crippen LogP) is 3.52. The van der Waals surface area contributed by atoms with Gasteiger partial charge in [-0.3, -0.25) is 4.79 Å². The number of amides is 1. The predicted molar refractivity (Wildman–Crippen MR) is 105 cm³/mol. The van der Waals surface area contributed by atoms with Gasteiger partial charge in [0.25, 0.3) is 5.91 Å². The molecule has 26 heavy (non-hydrogen) atoms. The highest BCUT2D eigenvalue weighted by atomic mass is 16.1. The van der Waals surface area contributed by atoms with Gasteiger partial charge in [0.05, 0.1) is 5.69 Å². The molecule has 0 aliphatic rings. The summed E-state index contributed by atoms with van der Waals surface area (Å²) in [7, 11) is 0.